The number of aromatic nitrogens is 5. The first-order chi connectivity index (χ1) is 15.1. The molecule has 0 amide bonds. The number of morpholine rings is 1. The number of aromatic amines is 1. The van der Waals surface area contributed by atoms with E-state index in [-0.39, 0.29) is 11.6 Å². The zero-order valence-electron chi connectivity index (χ0n) is 18.3. The molecule has 1 saturated heterocycles. The highest BCUT2D eigenvalue weighted by Gasteiger charge is 2.33. The Morgan fingerprint density at radius 2 is 1.81 bits per heavy atom. The van der Waals surface area contributed by atoms with Crippen molar-refractivity contribution in [1.82, 2.24) is 30.1 Å². The van der Waals surface area contributed by atoms with Crippen molar-refractivity contribution in [1.29, 1.82) is 0 Å². The van der Waals surface area contributed by atoms with Gasteiger partial charge in [0.05, 0.1) is 19.3 Å². The second-order valence-electron chi connectivity index (χ2n) is 8.90. The summed E-state index contributed by atoms with van der Waals surface area (Å²) in [5, 5.41) is 13.9. The first-order valence-electron chi connectivity index (χ1n) is 11.4. The Hall–Kier alpha value is -2.58. The van der Waals surface area contributed by atoms with Crippen molar-refractivity contribution in [3.8, 4) is 0 Å². The van der Waals surface area contributed by atoms with E-state index in [2.05, 4.69) is 45.3 Å². The number of tetrazole rings is 1. The van der Waals surface area contributed by atoms with Gasteiger partial charge in [0.15, 0.2) is 5.82 Å². The van der Waals surface area contributed by atoms with Crippen molar-refractivity contribution in [2.75, 3.05) is 26.3 Å². The lowest BCUT2D eigenvalue weighted by molar-refractivity contribution is 0.0209. The Balaban J connectivity index is 1.64. The predicted octanol–water partition coefficient (Wildman–Crippen LogP) is 3.06. The van der Waals surface area contributed by atoms with Gasteiger partial charge in [0, 0.05) is 24.2 Å². The van der Waals surface area contributed by atoms with Crippen LogP contribution >= 0.6 is 0 Å². The highest BCUT2D eigenvalue weighted by atomic mass is 16.5. The molecule has 8 nitrogen and oxygen atoms in total. The number of nitrogens with zero attached hydrogens (tertiary/aromatic N) is 5. The van der Waals surface area contributed by atoms with Crippen molar-refractivity contribution in [3.05, 3.63) is 51.1 Å². The standard InChI is InChI=1S/C23H30N6O2/c1-15-12-17-14-19(23(30)24-20(17)13-16(15)2)21(28-8-10-31-11-9-28)22-25-26-27-29(22)18-6-4-3-5-7-18/h12-14,18,21H,3-11H2,1-2H3,(H,24,30)/t21-/m1/s1. The molecule has 3 aromatic rings. The highest BCUT2D eigenvalue weighted by molar-refractivity contribution is 5.81. The molecule has 1 aromatic carbocycles. The molecule has 0 radical (unpaired) electrons. The Kier molecular flexibility index (Phi) is 5.58. The number of pyridine rings is 1. The minimum absolute atomic E-state index is 0.0783. The van der Waals surface area contributed by atoms with Crippen LogP contribution in [0.4, 0.5) is 0 Å². The van der Waals surface area contributed by atoms with Gasteiger partial charge in [0.2, 0.25) is 0 Å². The Labute approximate surface area is 181 Å². The van der Waals surface area contributed by atoms with E-state index in [9.17, 15) is 4.79 Å². The predicted molar refractivity (Wildman–Crippen MR) is 118 cm³/mol. The number of aryl methyl sites for hydroxylation is 2. The zero-order chi connectivity index (χ0) is 21.4. The normalized spacial score (nSPS) is 19.7. The van der Waals surface area contributed by atoms with Gasteiger partial charge in [0.25, 0.3) is 5.56 Å². The quantitative estimate of drug-likeness (QED) is 0.695. The largest absolute Gasteiger partial charge is 0.379 e. The lowest BCUT2D eigenvalue weighted by Gasteiger charge is -2.34. The van der Waals surface area contributed by atoms with E-state index < -0.39 is 0 Å². The monoisotopic (exact) mass is 422 g/mol. The first kappa shape index (κ1) is 20.3. The molecule has 164 valence electrons. The van der Waals surface area contributed by atoms with Gasteiger partial charge in [-0.3, -0.25) is 9.69 Å². The number of rotatable bonds is 4. The van der Waals surface area contributed by atoms with E-state index in [1.54, 1.807) is 0 Å². The zero-order valence-corrected chi connectivity index (χ0v) is 18.3. The van der Waals surface area contributed by atoms with E-state index in [0.29, 0.717) is 24.8 Å². The molecule has 0 unspecified atom stereocenters. The molecule has 2 aromatic heterocycles. The van der Waals surface area contributed by atoms with Crippen LogP contribution in [0.15, 0.2) is 23.0 Å². The molecule has 3 heterocycles. The SMILES string of the molecule is Cc1cc2cc([C@H](c3nnnn3C3CCCCC3)N3CCOCC3)c(=O)[nH]c2cc1C. The Bertz CT molecular complexity index is 1120. The Morgan fingerprint density at radius 3 is 2.58 bits per heavy atom. The summed E-state index contributed by atoms with van der Waals surface area (Å²) in [6.45, 7) is 6.94. The van der Waals surface area contributed by atoms with E-state index in [0.717, 1.165) is 42.7 Å². The third kappa shape index (κ3) is 3.90. The summed E-state index contributed by atoms with van der Waals surface area (Å²) in [4.78, 5) is 18.7. The molecule has 1 aliphatic carbocycles. The van der Waals surface area contributed by atoms with Crippen LogP contribution in [0.1, 0.15) is 66.7 Å². The molecule has 8 heteroatoms. The minimum Gasteiger partial charge on any atom is -0.379 e. The van der Waals surface area contributed by atoms with E-state index >= 15 is 0 Å². The molecule has 1 N–H and O–H groups in total. The number of nitrogens with one attached hydrogen (secondary N) is 1. The molecule has 0 bridgehead atoms. The number of benzene rings is 1. The van der Waals surface area contributed by atoms with E-state index in [1.165, 1.54) is 30.4 Å². The molecular weight excluding hydrogens is 392 g/mol. The third-order valence-corrected chi connectivity index (χ3v) is 6.88. The molecule has 5 rings (SSSR count). The summed E-state index contributed by atoms with van der Waals surface area (Å²) in [7, 11) is 0. The smallest absolute Gasteiger partial charge is 0.253 e. The van der Waals surface area contributed by atoms with Gasteiger partial charge in [-0.05, 0) is 71.8 Å². The van der Waals surface area contributed by atoms with Crippen molar-refractivity contribution in [3.63, 3.8) is 0 Å². The van der Waals surface area contributed by atoms with Gasteiger partial charge >= 0.3 is 0 Å². The Morgan fingerprint density at radius 1 is 1.06 bits per heavy atom. The second-order valence-corrected chi connectivity index (χ2v) is 8.90. The summed E-state index contributed by atoms with van der Waals surface area (Å²) in [6.07, 6.45) is 5.83. The fourth-order valence-electron chi connectivity index (χ4n) is 5.00. The summed E-state index contributed by atoms with van der Waals surface area (Å²) in [5.41, 5.74) is 3.86. The molecule has 2 fully saturated rings. The first-order valence-corrected chi connectivity index (χ1v) is 11.4. The fraction of sp³-hybridized carbons (Fsp3) is 0.565. The number of hydrogen-bond acceptors (Lipinski definition) is 6. The average molecular weight is 423 g/mol. The molecular formula is C23H30N6O2. The van der Waals surface area contributed by atoms with Gasteiger partial charge in [-0.25, -0.2) is 4.68 Å². The van der Waals surface area contributed by atoms with Crippen molar-refractivity contribution in [2.24, 2.45) is 0 Å². The van der Waals surface area contributed by atoms with E-state index in [1.807, 2.05) is 16.8 Å². The minimum atomic E-state index is -0.296. The van der Waals surface area contributed by atoms with Gasteiger partial charge in [-0.2, -0.15) is 0 Å². The topological polar surface area (TPSA) is 88.9 Å². The maximum atomic E-state index is 13.3. The van der Waals surface area contributed by atoms with Gasteiger partial charge in [0.1, 0.15) is 6.04 Å². The molecule has 1 atom stereocenters. The number of fused-ring (bicyclic) bond motifs is 1. The summed E-state index contributed by atoms with van der Waals surface area (Å²) in [6, 6.07) is 6.22. The van der Waals surface area contributed by atoms with Crippen LogP contribution in [0.25, 0.3) is 10.9 Å². The highest BCUT2D eigenvalue weighted by Crippen LogP contribution is 2.33. The van der Waals surface area contributed by atoms with Crippen molar-refractivity contribution >= 4 is 10.9 Å². The van der Waals surface area contributed by atoms with Gasteiger partial charge < -0.3 is 9.72 Å². The molecule has 1 saturated carbocycles. The average Bonchev–Trinajstić information content (AvgIpc) is 3.26. The third-order valence-electron chi connectivity index (χ3n) is 6.88. The number of ether oxygens (including phenoxy) is 1. The molecule has 0 spiro atoms. The van der Waals surface area contributed by atoms with Crippen LogP contribution in [0.2, 0.25) is 0 Å². The summed E-state index contributed by atoms with van der Waals surface area (Å²) in [5.74, 6) is 0.766. The van der Waals surface area contributed by atoms with Crippen molar-refractivity contribution < 1.29 is 4.74 Å². The van der Waals surface area contributed by atoms with E-state index in [4.69, 9.17) is 4.74 Å². The van der Waals surface area contributed by atoms with Crippen LogP contribution in [-0.4, -0.2) is 56.4 Å². The lowest BCUT2D eigenvalue weighted by Crippen LogP contribution is -2.42. The number of H-pyrrole nitrogens is 1. The fourth-order valence-corrected chi connectivity index (χ4v) is 5.00. The van der Waals surface area contributed by atoms with Crippen LogP contribution in [0.5, 0.6) is 0 Å². The number of hydrogen-bond donors (Lipinski definition) is 1. The second kappa shape index (κ2) is 8.51. The molecule has 31 heavy (non-hydrogen) atoms. The van der Waals surface area contributed by atoms with Gasteiger partial charge in [-0.15, -0.1) is 5.10 Å². The van der Waals surface area contributed by atoms with Crippen LogP contribution in [-0.2, 0) is 4.74 Å². The summed E-state index contributed by atoms with van der Waals surface area (Å²) >= 11 is 0. The van der Waals surface area contributed by atoms with Crippen molar-refractivity contribution in [2.45, 2.75) is 58.0 Å². The van der Waals surface area contributed by atoms with Crippen LogP contribution < -0.4 is 5.56 Å². The maximum absolute atomic E-state index is 13.3. The maximum Gasteiger partial charge on any atom is 0.253 e. The van der Waals surface area contributed by atoms with Crippen LogP contribution in [0.3, 0.4) is 0 Å². The molecule has 2 aliphatic rings. The summed E-state index contributed by atoms with van der Waals surface area (Å²) < 4.78 is 7.58. The van der Waals surface area contributed by atoms with Crippen LogP contribution in [0, 0.1) is 13.8 Å². The van der Waals surface area contributed by atoms with Gasteiger partial charge in [-0.1, -0.05) is 19.3 Å². The molecule has 1 aliphatic heterocycles. The lowest BCUT2D eigenvalue weighted by atomic mass is 9.95.